The summed E-state index contributed by atoms with van der Waals surface area (Å²) in [5.74, 6) is 1.91. The predicted octanol–water partition coefficient (Wildman–Crippen LogP) is 6.42. The molecule has 28 heavy (non-hydrogen) atoms. The minimum atomic E-state index is -0.189. The van der Waals surface area contributed by atoms with Crippen molar-refractivity contribution in [2.45, 2.75) is 38.0 Å². The van der Waals surface area contributed by atoms with Gasteiger partial charge < -0.3 is 4.98 Å². The molecule has 5 rings (SSSR count). The van der Waals surface area contributed by atoms with E-state index in [1.165, 1.54) is 5.56 Å². The van der Waals surface area contributed by atoms with Gasteiger partial charge in [0, 0.05) is 23.0 Å². The highest BCUT2D eigenvalue weighted by Gasteiger charge is 2.25. The third-order valence-electron chi connectivity index (χ3n) is 6.01. The Hall–Kier alpha value is -2.46. The Morgan fingerprint density at radius 2 is 1.93 bits per heavy atom. The number of rotatable bonds is 3. The molecule has 0 atom stereocenters. The smallest absolute Gasteiger partial charge is 0.132 e. The van der Waals surface area contributed by atoms with E-state index in [9.17, 15) is 4.39 Å². The molecule has 0 aliphatic heterocycles. The van der Waals surface area contributed by atoms with E-state index >= 15 is 0 Å². The van der Waals surface area contributed by atoms with Crippen LogP contribution in [0.4, 0.5) is 4.39 Å². The molecular weight excluding hydrogens is 373 g/mol. The lowest BCUT2D eigenvalue weighted by atomic mass is 9.77. The van der Waals surface area contributed by atoms with E-state index in [1.54, 1.807) is 18.3 Å². The molecule has 2 heterocycles. The average molecular weight is 394 g/mol. The first-order chi connectivity index (χ1) is 13.7. The zero-order valence-electron chi connectivity index (χ0n) is 15.5. The number of hydrogen-bond acceptors (Lipinski definition) is 2. The number of pyridine rings is 1. The number of halogens is 2. The van der Waals surface area contributed by atoms with Gasteiger partial charge in [0.05, 0.1) is 16.6 Å². The van der Waals surface area contributed by atoms with Crippen LogP contribution in [-0.2, 0) is 6.42 Å². The summed E-state index contributed by atoms with van der Waals surface area (Å²) in [6, 6.07) is 12.9. The second kappa shape index (κ2) is 7.17. The van der Waals surface area contributed by atoms with E-state index in [1.807, 2.05) is 30.3 Å². The minimum Gasteiger partial charge on any atom is -0.342 e. The Bertz CT molecular complexity index is 1150. The Kier molecular flexibility index (Phi) is 4.52. The summed E-state index contributed by atoms with van der Waals surface area (Å²) in [6.07, 6.45) is 7.22. The molecule has 1 aliphatic carbocycles. The number of benzene rings is 2. The maximum atomic E-state index is 14.1. The quantitative estimate of drug-likeness (QED) is 0.436. The molecule has 0 spiro atoms. The molecule has 3 nitrogen and oxygen atoms in total. The molecule has 0 amide bonds. The summed E-state index contributed by atoms with van der Waals surface area (Å²) in [5, 5.41) is 1.35. The van der Waals surface area contributed by atoms with Gasteiger partial charge in [0.25, 0.3) is 0 Å². The second-order valence-electron chi connectivity index (χ2n) is 7.80. The van der Waals surface area contributed by atoms with Gasteiger partial charge >= 0.3 is 0 Å². The average Bonchev–Trinajstić information content (AvgIpc) is 3.11. The number of aromatic amines is 1. The van der Waals surface area contributed by atoms with Crippen molar-refractivity contribution in [1.29, 1.82) is 0 Å². The molecule has 1 aliphatic rings. The maximum Gasteiger partial charge on any atom is 0.132 e. The first-order valence-corrected chi connectivity index (χ1v) is 10.2. The van der Waals surface area contributed by atoms with Gasteiger partial charge in [-0.2, -0.15) is 0 Å². The third kappa shape index (κ3) is 3.26. The molecule has 1 saturated carbocycles. The third-order valence-corrected chi connectivity index (χ3v) is 6.24. The normalized spacial score (nSPS) is 20.1. The van der Waals surface area contributed by atoms with Crippen molar-refractivity contribution in [3.8, 4) is 0 Å². The summed E-state index contributed by atoms with van der Waals surface area (Å²) in [5.41, 5.74) is 3.98. The minimum absolute atomic E-state index is 0.189. The van der Waals surface area contributed by atoms with Crippen LogP contribution >= 0.6 is 11.6 Å². The van der Waals surface area contributed by atoms with Gasteiger partial charge in [0.15, 0.2) is 0 Å². The van der Waals surface area contributed by atoms with Crippen LogP contribution in [0.15, 0.2) is 48.7 Å². The Morgan fingerprint density at radius 1 is 1.07 bits per heavy atom. The number of aromatic nitrogens is 3. The van der Waals surface area contributed by atoms with Crippen molar-refractivity contribution in [3.05, 3.63) is 70.9 Å². The number of nitrogens with zero attached hydrogens (tertiary/aromatic N) is 2. The highest BCUT2D eigenvalue weighted by Crippen LogP contribution is 2.39. The summed E-state index contributed by atoms with van der Waals surface area (Å²) in [7, 11) is 0. The fourth-order valence-corrected chi connectivity index (χ4v) is 4.74. The maximum absolute atomic E-state index is 14.1. The predicted molar refractivity (Wildman–Crippen MR) is 111 cm³/mol. The number of nitrogens with one attached hydrogen (secondary N) is 1. The van der Waals surface area contributed by atoms with Gasteiger partial charge in [-0.3, -0.25) is 4.98 Å². The monoisotopic (exact) mass is 393 g/mol. The lowest BCUT2D eigenvalue weighted by Gasteiger charge is -2.29. The van der Waals surface area contributed by atoms with Crippen LogP contribution in [0.5, 0.6) is 0 Å². The second-order valence-corrected chi connectivity index (χ2v) is 8.24. The van der Waals surface area contributed by atoms with Crippen LogP contribution in [0, 0.1) is 11.7 Å². The Balaban J connectivity index is 1.30. The van der Waals surface area contributed by atoms with Gasteiger partial charge in [0.1, 0.15) is 11.6 Å². The van der Waals surface area contributed by atoms with Gasteiger partial charge in [-0.25, -0.2) is 9.37 Å². The number of fused-ring (bicyclic) bond motifs is 2. The van der Waals surface area contributed by atoms with E-state index in [0.29, 0.717) is 17.2 Å². The topological polar surface area (TPSA) is 41.6 Å². The molecule has 2 aromatic carbocycles. The van der Waals surface area contributed by atoms with Gasteiger partial charge in [-0.1, -0.05) is 17.7 Å². The summed E-state index contributed by atoms with van der Waals surface area (Å²) < 4.78 is 14.1. The standard InChI is InChI=1S/C23H21ClFN3/c24-16-7-10-20-21(13-16)28-22(27-20)12-14-3-5-15(6-4-14)17-8-9-19(25)18-2-1-11-26-23(17)18/h1-2,7-11,13-15H,3-6,12H2,(H,27,28). The molecule has 0 radical (unpaired) electrons. The lowest BCUT2D eigenvalue weighted by molar-refractivity contribution is 0.322. The van der Waals surface area contributed by atoms with E-state index in [4.69, 9.17) is 16.6 Å². The zero-order valence-corrected chi connectivity index (χ0v) is 16.2. The molecule has 1 fully saturated rings. The van der Waals surface area contributed by atoms with Crippen molar-refractivity contribution < 1.29 is 4.39 Å². The molecule has 0 unspecified atom stereocenters. The molecule has 5 heteroatoms. The molecule has 1 N–H and O–H groups in total. The van der Waals surface area contributed by atoms with Crippen LogP contribution in [0.25, 0.3) is 21.9 Å². The molecule has 0 saturated heterocycles. The van der Waals surface area contributed by atoms with E-state index in [-0.39, 0.29) is 5.82 Å². The molecule has 4 aromatic rings. The van der Waals surface area contributed by atoms with Crippen LogP contribution in [0.1, 0.15) is 43.0 Å². The van der Waals surface area contributed by atoms with E-state index < -0.39 is 0 Å². The first-order valence-electron chi connectivity index (χ1n) is 9.84. The lowest BCUT2D eigenvalue weighted by Crippen LogP contribution is -2.16. The van der Waals surface area contributed by atoms with Crippen LogP contribution < -0.4 is 0 Å². The number of imidazole rings is 1. The van der Waals surface area contributed by atoms with E-state index in [2.05, 4.69) is 9.97 Å². The molecule has 2 aromatic heterocycles. The number of H-pyrrole nitrogens is 1. The van der Waals surface area contributed by atoms with Crippen molar-refractivity contribution in [2.75, 3.05) is 0 Å². The largest absolute Gasteiger partial charge is 0.342 e. The van der Waals surface area contributed by atoms with Crippen molar-refractivity contribution in [1.82, 2.24) is 15.0 Å². The van der Waals surface area contributed by atoms with Gasteiger partial charge in [-0.05, 0) is 79.5 Å². The summed E-state index contributed by atoms with van der Waals surface area (Å²) >= 11 is 6.07. The molecule has 0 bridgehead atoms. The fourth-order valence-electron chi connectivity index (χ4n) is 4.57. The summed E-state index contributed by atoms with van der Waals surface area (Å²) in [6.45, 7) is 0. The SMILES string of the molecule is Fc1ccc(C2CCC(Cc3nc4ccc(Cl)cc4[nH]3)CC2)c2ncccc12. The highest BCUT2D eigenvalue weighted by molar-refractivity contribution is 6.31. The van der Waals surface area contributed by atoms with Gasteiger partial charge in [0.2, 0.25) is 0 Å². The van der Waals surface area contributed by atoms with Crippen molar-refractivity contribution >= 4 is 33.5 Å². The van der Waals surface area contributed by atoms with Crippen LogP contribution in [0.3, 0.4) is 0 Å². The number of hydrogen-bond donors (Lipinski definition) is 1. The highest BCUT2D eigenvalue weighted by atomic mass is 35.5. The zero-order chi connectivity index (χ0) is 19.1. The first kappa shape index (κ1) is 17.6. The van der Waals surface area contributed by atoms with Crippen molar-refractivity contribution in [2.24, 2.45) is 5.92 Å². The Morgan fingerprint density at radius 3 is 2.79 bits per heavy atom. The Labute approximate surface area is 168 Å². The van der Waals surface area contributed by atoms with E-state index in [0.717, 1.165) is 59.5 Å². The fraction of sp³-hybridized carbons (Fsp3) is 0.304. The molecule has 142 valence electrons. The van der Waals surface area contributed by atoms with Gasteiger partial charge in [-0.15, -0.1) is 0 Å². The summed E-state index contributed by atoms with van der Waals surface area (Å²) in [4.78, 5) is 12.6. The van der Waals surface area contributed by atoms with Crippen LogP contribution in [-0.4, -0.2) is 15.0 Å². The van der Waals surface area contributed by atoms with Crippen molar-refractivity contribution in [3.63, 3.8) is 0 Å². The van der Waals surface area contributed by atoms with Crippen LogP contribution in [0.2, 0.25) is 5.02 Å². The molecular formula is C23H21ClFN3.